The lowest BCUT2D eigenvalue weighted by molar-refractivity contribution is 0.102. The van der Waals surface area contributed by atoms with Crippen molar-refractivity contribution < 1.29 is 4.79 Å². The molecule has 27 heavy (non-hydrogen) atoms. The van der Waals surface area contributed by atoms with E-state index in [9.17, 15) is 4.79 Å². The number of carbonyl (C=O) groups is 1. The number of benzene rings is 2. The molecule has 0 unspecified atom stereocenters. The summed E-state index contributed by atoms with van der Waals surface area (Å²) in [7, 11) is 0. The van der Waals surface area contributed by atoms with Gasteiger partial charge >= 0.3 is 0 Å². The third kappa shape index (κ3) is 4.28. The van der Waals surface area contributed by atoms with Crippen LogP contribution in [0, 0.1) is 0 Å². The first-order valence-corrected chi connectivity index (χ1v) is 10.5. The molecule has 0 atom stereocenters. The van der Waals surface area contributed by atoms with Gasteiger partial charge in [0.05, 0.1) is 0 Å². The van der Waals surface area contributed by atoms with E-state index in [2.05, 4.69) is 47.6 Å². The van der Waals surface area contributed by atoms with Crippen molar-refractivity contribution in [3.8, 4) is 0 Å². The van der Waals surface area contributed by atoms with Gasteiger partial charge < -0.3 is 0 Å². The summed E-state index contributed by atoms with van der Waals surface area (Å²) in [5, 5.41) is 3.62. The number of nitrogens with zero attached hydrogens (tertiary/aromatic N) is 1. The number of nitrogens with one attached hydrogen (secondary N) is 1. The van der Waals surface area contributed by atoms with Gasteiger partial charge in [-0.15, -0.1) is 11.3 Å². The van der Waals surface area contributed by atoms with Gasteiger partial charge in [0.15, 0.2) is 5.13 Å². The first kappa shape index (κ1) is 17.9. The molecule has 0 saturated heterocycles. The standard InChI is InChI=1S/C23H24N2OS/c1-2-16-7-9-17(10-8-16)13-21-15-24-23(27-21)25-22(26)20-12-11-18-5-3-4-6-19(18)14-20/h7-12,14-15H,2-6,13H2,1H3,(H,24,25,26). The largest absolute Gasteiger partial charge is 0.298 e. The highest BCUT2D eigenvalue weighted by Crippen LogP contribution is 2.24. The molecule has 4 heteroatoms. The maximum atomic E-state index is 12.6. The minimum Gasteiger partial charge on any atom is -0.298 e. The minimum absolute atomic E-state index is 0.0726. The highest BCUT2D eigenvalue weighted by atomic mass is 32.1. The number of hydrogen-bond donors (Lipinski definition) is 1. The lowest BCUT2D eigenvalue weighted by Gasteiger charge is -2.16. The summed E-state index contributed by atoms with van der Waals surface area (Å²) < 4.78 is 0. The molecule has 0 saturated carbocycles. The molecule has 1 amide bonds. The van der Waals surface area contributed by atoms with E-state index in [-0.39, 0.29) is 5.91 Å². The van der Waals surface area contributed by atoms with Crippen LogP contribution in [0.15, 0.2) is 48.7 Å². The lowest BCUT2D eigenvalue weighted by atomic mass is 9.90. The van der Waals surface area contributed by atoms with Crippen LogP contribution in [0.1, 0.15) is 57.3 Å². The van der Waals surface area contributed by atoms with E-state index < -0.39 is 0 Å². The highest BCUT2D eigenvalue weighted by molar-refractivity contribution is 7.15. The smallest absolute Gasteiger partial charge is 0.257 e. The molecule has 0 aliphatic heterocycles. The number of amides is 1. The van der Waals surface area contributed by atoms with Crippen LogP contribution in [0.3, 0.4) is 0 Å². The number of fused-ring (bicyclic) bond motifs is 1. The van der Waals surface area contributed by atoms with E-state index in [0.29, 0.717) is 5.13 Å². The number of hydrogen-bond acceptors (Lipinski definition) is 3. The molecule has 1 heterocycles. The van der Waals surface area contributed by atoms with Crippen LogP contribution < -0.4 is 5.32 Å². The highest BCUT2D eigenvalue weighted by Gasteiger charge is 2.14. The van der Waals surface area contributed by atoms with Crippen LogP contribution in [0.5, 0.6) is 0 Å². The molecular formula is C23H24N2OS. The summed E-state index contributed by atoms with van der Waals surface area (Å²) in [5.74, 6) is -0.0726. The predicted molar refractivity (Wildman–Crippen MR) is 112 cm³/mol. The molecule has 1 N–H and O–H groups in total. The topological polar surface area (TPSA) is 42.0 Å². The van der Waals surface area contributed by atoms with Crippen LogP contribution in [-0.2, 0) is 25.7 Å². The Morgan fingerprint density at radius 1 is 1.04 bits per heavy atom. The molecule has 1 aliphatic carbocycles. The molecule has 3 aromatic rings. The summed E-state index contributed by atoms with van der Waals surface area (Å²) in [6, 6.07) is 14.8. The van der Waals surface area contributed by atoms with E-state index in [1.54, 1.807) is 11.3 Å². The van der Waals surface area contributed by atoms with Crippen molar-refractivity contribution in [2.24, 2.45) is 0 Å². The maximum Gasteiger partial charge on any atom is 0.257 e. The Bertz CT molecular complexity index is 943. The molecule has 0 bridgehead atoms. The number of anilines is 1. The number of thiazole rings is 1. The molecule has 138 valence electrons. The van der Waals surface area contributed by atoms with E-state index >= 15 is 0 Å². The van der Waals surface area contributed by atoms with Crippen molar-refractivity contribution in [1.82, 2.24) is 4.98 Å². The fraction of sp³-hybridized carbons (Fsp3) is 0.304. The average Bonchev–Trinajstić information content (AvgIpc) is 3.15. The van der Waals surface area contributed by atoms with Gasteiger partial charge in [0.2, 0.25) is 0 Å². The molecule has 0 spiro atoms. The van der Waals surface area contributed by atoms with Crippen molar-refractivity contribution in [3.63, 3.8) is 0 Å². The van der Waals surface area contributed by atoms with Gasteiger partial charge in [0.1, 0.15) is 0 Å². The van der Waals surface area contributed by atoms with Crippen molar-refractivity contribution >= 4 is 22.4 Å². The van der Waals surface area contributed by atoms with E-state index in [4.69, 9.17) is 0 Å². The van der Waals surface area contributed by atoms with E-state index in [1.165, 1.54) is 35.1 Å². The zero-order chi connectivity index (χ0) is 18.6. The first-order chi connectivity index (χ1) is 13.2. The molecule has 0 fully saturated rings. The normalized spacial score (nSPS) is 13.2. The average molecular weight is 377 g/mol. The van der Waals surface area contributed by atoms with Gasteiger partial charge in [0, 0.05) is 23.1 Å². The van der Waals surface area contributed by atoms with Crippen LogP contribution in [0.25, 0.3) is 0 Å². The number of rotatable bonds is 5. The molecule has 4 rings (SSSR count). The second-order valence-electron chi connectivity index (χ2n) is 7.12. The van der Waals surface area contributed by atoms with E-state index in [1.807, 2.05) is 18.3 Å². The Hall–Kier alpha value is -2.46. The molecular weight excluding hydrogens is 352 g/mol. The second kappa shape index (κ2) is 8.05. The van der Waals surface area contributed by atoms with Gasteiger partial charge in [-0.1, -0.05) is 37.3 Å². The predicted octanol–water partition coefficient (Wildman–Crippen LogP) is 5.43. The summed E-state index contributed by atoms with van der Waals surface area (Å²) in [4.78, 5) is 18.1. The minimum atomic E-state index is -0.0726. The second-order valence-corrected chi connectivity index (χ2v) is 8.24. The molecule has 3 nitrogen and oxygen atoms in total. The first-order valence-electron chi connectivity index (χ1n) is 9.67. The third-order valence-electron chi connectivity index (χ3n) is 5.19. The summed E-state index contributed by atoms with van der Waals surface area (Å²) in [6.45, 7) is 2.16. The van der Waals surface area contributed by atoms with Crippen molar-refractivity contribution in [1.29, 1.82) is 0 Å². The van der Waals surface area contributed by atoms with Gasteiger partial charge in [0.25, 0.3) is 5.91 Å². The fourth-order valence-corrected chi connectivity index (χ4v) is 4.43. The van der Waals surface area contributed by atoms with Gasteiger partial charge in [-0.2, -0.15) is 0 Å². The van der Waals surface area contributed by atoms with Crippen molar-refractivity contribution in [2.45, 2.75) is 45.4 Å². The summed E-state index contributed by atoms with van der Waals surface area (Å²) in [5.41, 5.74) is 6.06. The number of aromatic nitrogens is 1. The lowest BCUT2D eigenvalue weighted by Crippen LogP contribution is -2.13. The Morgan fingerprint density at radius 2 is 1.78 bits per heavy atom. The molecule has 1 aliphatic rings. The van der Waals surface area contributed by atoms with Crippen LogP contribution in [-0.4, -0.2) is 10.9 Å². The Morgan fingerprint density at radius 3 is 2.56 bits per heavy atom. The molecule has 2 aromatic carbocycles. The number of aryl methyl sites for hydroxylation is 3. The fourth-order valence-electron chi connectivity index (χ4n) is 3.58. The van der Waals surface area contributed by atoms with Crippen molar-refractivity contribution in [3.05, 3.63) is 81.4 Å². The Labute approximate surface area is 164 Å². The summed E-state index contributed by atoms with van der Waals surface area (Å²) >= 11 is 1.55. The van der Waals surface area contributed by atoms with Gasteiger partial charge in [-0.05, 0) is 66.5 Å². The van der Waals surface area contributed by atoms with Crippen LogP contribution in [0.2, 0.25) is 0 Å². The quantitative estimate of drug-likeness (QED) is 0.645. The van der Waals surface area contributed by atoms with Gasteiger partial charge in [-0.3, -0.25) is 10.1 Å². The van der Waals surface area contributed by atoms with Crippen LogP contribution >= 0.6 is 11.3 Å². The van der Waals surface area contributed by atoms with E-state index in [0.717, 1.165) is 36.1 Å². The SMILES string of the molecule is CCc1ccc(Cc2cnc(NC(=O)c3ccc4c(c3)CCCC4)s2)cc1. The maximum absolute atomic E-state index is 12.6. The Balaban J connectivity index is 1.41. The third-order valence-corrected chi connectivity index (χ3v) is 6.11. The van der Waals surface area contributed by atoms with Crippen molar-refractivity contribution in [2.75, 3.05) is 5.32 Å². The molecule has 1 aromatic heterocycles. The number of carbonyl (C=O) groups excluding carboxylic acids is 1. The van der Waals surface area contributed by atoms with Gasteiger partial charge in [-0.25, -0.2) is 4.98 Å². The van der Waals surface area contributed by atoms with Crippen LogP contribution in [0.4, 0.5) is 5.13 Å². The molecule has 0 radical (unpaired) electrons. The zero-order valence-electron chi connectivity index (χ0n) is 15.6. The summed E-state index contributed by atoms with van der Waals surface area (Å²) in [6.07, 6.45) is 8.44. The Kier molecular flexibility index (Phi) is 5.35. The zero-order valence-corrected chi connectivity index (χ0v) is 16.4. The monoisotopic (exact) mass is 376 g/mol.